The first kappa shape index (κ1) is 19.6. The predicted octanol–water partition coefficient (Wildman–Crippen LogP) is 2.94. The van der Waals surface area contributed by atoms with E-state index in [9.17, 15) is 10.1 Å². The Morgan fingerprint density at radius 3 is 2.71 bits per heavy atom. The zero-order valence-electron chi connectivity index (χ0n) is 16.4. The van der Waals surface area contributed by atoms with Crippen LogP contribution in [0.3, 0.4) is 0 Å². The minimum atomic E-state index is -0.667. The van der Waals surface area contributed by atoms with Gasteiger partial charge in [0, 0.05) is 13.1 Å². The predicted molar refractivity (Wildman–Crippen MR) is 104 cm³/mol. The van der Waals surface area contributed by atoms with Crippen LogP contribution < -0.4 is 15.4 Å². The number of carbonyl (C=O) groups excluding carboxylic acids is 1. The van der Waals surface area contributed by atoms with E-state index in [4.69, 9.17) is 19.9 Å². The van der Waals surface area contributed by atoms with E-state index in [0.29, 0.717) is 11.5 Å². The molecule has 2 N–H and O–H groups in total. The minimum Gasteiger partial charge on any atom is -0.495 e. The van der Waals surface area contributed by atoms with E-state index in [1.807, 2.05) is 18.2 Å². The third-order valence-electron chi connectivity index (χ3n) is 5.08. The van der Waals surface area contributed by atoms with Gasteiger partial charge in [0.05, 0.1) is 30.9 Å². The van der Waals surface area contributed by atoms with Gasteiger partial charge in [-0.2, -0.15) is 5.26 Å². The Bertz CT molecular complexity index is 876. The third kappa shape index (κ3) is 3.50. The molecule has 1 aromatic rings. The zero-order chi connectivity index (χ0) is 20.3. The maximum absolute atomic E-state index is 12.6. The number of methoxy groups -OCH3 is 1. The number of hydrogen-bond donors (Lipinski definition) is 1. The van der Waals surface area contributed by atoms with E-state index >= 15 is 0 Å². The molecule has 2 heterocycles. The van der Waals surface area contributed by atoms with Gasteiger partial charge in [-0.1, -0.05) is 6.07 Å². The van der Waals surface area contributed by atoms with Crippen LogP contribution >= 0.6 is 0 Å². The van der Waals surface area contributed by atoms with E-state index < -0.39 is 11.9 Å². The maximum atomic E-state index is 12.6. The lowest BCUT2D eigenvalue weighted by Gasteiger charge is -2.28. The standard InChI is InChI=1S/C21H25N3O4/c1-4-27-21(25)18-13(2)28-20(23)15(12-22)19(18)14-7-8-16(17(11-14)26-3)24-9-5-6-10-24/h7-8,11,19H,4-6,9-10,23H2,1-3H3. The van der Waals surface area contributed by atoms with Crippen molar-refractivity contribution in [3.05, 3.63) is 46.6 Å². The first-order valence-corrected chi connectivity index (χ1v) is 9.40. The van der Waals surface area contributed by atoms with Crippen molar-refractivity contribution in [2.45, 2.75) is 32.6 Å². The number of esters is 1. The minimum absolute atomic E-state index is 0.000588. The van der Waals surface area contributed by atoms with Crippen molar-refractivity contribution in [1.82, 2.24) is 0 Å². The number of nitrogens with two attached hydrogens (primary N) is 1. The number of rotatable bonds is 5. The quantitative estimate of drug-likeness (QED) is 0.781. The molecule has 0 aromatic heterocycles. The molecule has 2 aliphatic heterocycles. The highest BCUT2D eigenvalue weighted by molar-refractivity contribution is 5.92. The van der Waals surface area contributed by atoms with Crippen LogP contribution in [0.5, 0.6) is 5.75 Å². The van der Waals surface area contributed by atoms with Crippen LogP contribution in [0.15, 0.2) is 41.0 Å². The van der Waals surface area contributed by atoms with Gasteiger partial charge in [0.1, 0.15) is 23.2 Å². The van der Waals surface area contributed by atoms with Crippen LogP contribution in [-0.4, -0.2) is 32.8 Å². The Kier molecular flexibility index (Phi) is 5.78. The van der Waals surface area contributed by atoms with Crippen LogP contribution in [0.4, 0.5) is 5.69 Å². The summed E-state index contributed by atoms with van der Waals surface area (Å²) in [4.78, 5) is 14.9. The molecule has 7 nitrogen and oxygen atoms in total. The molecule has 0 amide bonds. The SMILES string of the molecule is CCOC(=O)C1=C(C)OC(N)=C(C#N)C1c1ccc(N2CCCC2)c(OC)c1. The summed E-state index contributed by atoms with van der Waals surface area (Å²) in [5, 5.41) is 9.68. The van der Waals surface area contributed by atoms with Crippen LogP contribution in [0.2, 0.25) is 0 Å². The topological polar surface area (TPSA) is 97.8 Å². The summed E-state index contributed by atoms with van der Waals surface area (Å²) in [5.74, 6) is -0.155. The Morgan fingerprint density at radius 1 is 1.39 bits per heavy atom. The molecule has 1 aromatic carbocycles. The number of nitriles is 1. The molecule has 3 rings (SSSR count). The summed E-state index contributed by atoms with van der Waals surface area (Å²) in [6, 6.07) is 7.83. The molecule has 0 saturated carbocycles. The third-order valence-corrected chi connectivity index (χ3v) is 5.08. The fraction of sp³-hybridized carbons (Fsp3) is 0.429. The Balaban J connectivity index is 2.10. The van der Waals surface area contributed by atoms with E-state index in [1.54, 1.807) is 21.0 Å². The lowest BCUT2D eigenvalue weighted by molar-refractivity contribution is -0.139. The number of ether oxygens (including phenoxy) is 3. The number of anilines is 1. The monoisotopic (exact) mass is 383 g/mol. The molecule has 28 heavy (non-hydrogen) atoms. The van der Waals surface area contributed by atoms with Crippen LogP contribution in [-0.2, 0) is 14.3 Å². The Hall–Kier alpha value is -3.14. The molecule has 1 unspecified atom stereocenters. The lowest BCUT2D eigenvalue weighted by atomic mass is 9.83. The van der Waals surface area contributed by atoms with Crippen molar-refractivity contribution in [3.63, 3.8) is 0 Å². The van der Waals surface area contributed by atoms with Crippen LogP contribution in [0.25, 0.3) is 0 Å². The molecule has 1 atom stereocenters. The highest BCUT2D eigenvalue weighted by Gasteiger charge is 2.36. The average Bonchev–Trinajstić information content (AvgIpc) is 3.21. The van der Waals surface area contributed by atoms with Gasteiger partial charge in [-0.25, -0.2) is 4.79 Å². The molecule has 148 valence electrons. The van der Waals surface area contributed by atoms with E-state index in [2.05, 4.69) is 11.0 Å². The number of carbonyl (C=O) groups is 1. The second-order valence-electron chi connectivity index (χ2n) is 6.74. The summed E-state index contributed by atoms with van der Waals surface area (Å²) < 4.78 is 16.3. The second-order valence-corrected chi connectivity index (χ2v) is 6.74. The average molecular weight is 383 g/mol. The van der Waals surface area contributed by atoms with E-state index in [0.717, 1.165) is 37.2 Å². The van der Waals surface area contributed by atoms with Crippen molar-refractivity contribution in [2.24, 2.45) is 5.73 Å². The number of hydrogen-bond acceptors (Lipinski definition) is 7. The highest BCUT2D eigenvalue weighted by Crippen LogP contribution is 2.42. The zero-order valence-corrected chi connectivity index (χ0v) is 16.4. The molecule has 1 fully saturated rings. The fourth-order valence-corrected chi connectivity index (χ4v) is 3.78. The van der Waals surface area contributed by atoms with Crippen LogP contribution in [0.1, 0.15) is 38.2 Å². The van der Waals surface area contributed by atoms with Crippen LogP contribution in [0, 0.1) is 11.3 Å². The molecule has 2 aliphatic rings. The van der Waals surface area contributed by atoms with E-state index in [1.165, 1.54) is 0 Å². The highest BCUT2D eigenvalue weighted by atomic mass is 16.5. The summed E-state index contributed by atoms with van der Waals surface area (Å²) in [6.07, 6.45) is 2.30. The molecule has 1 saturated heterocycles. The lowest BCUT2D eigenvalue weighted by Crippen LogP contribution is -2.25. The van der Waals surface area contributed by atoms with Crippen molar-refractivity contribution in [1.29, 1.82) is 5.26 Å². The molecule has 0 bridgehead atoms. The summed E-state index contributed by atoms with van der Waals surface area (Å²) in [6.45, 7) is 5.57. The van der Waals surface area contributed by atoms with Gasteiger partial charge in [-0.3, -0.25) is 0 Å². The summed E-state index contributed by atoms with van der Waals surface area (Å²) >= 11 is 0. The number of benzene rings is 1. The molecule has 0 spiro atoms. The summed E-state index contributed by atoms with van der Waals surface area (Å²) in [7, 11) is 1.62. The largest absolute Gasteiger partial charge is 0.495 e. The summed E-state index contributed by atoms with van der Waals surface area (Å²) in [5.41, 5.74) is 8.15. The molecular weight excluding hydrogens is 358 g/mol. The van der Waals surface area contributed by atoms with Gasteiger partial charge in [-0.05, 0) is 44.4 Å². The normalized spacial score (nSPS) is 19.4. The van der Waals surface area contributed by atoms with Crippen molar-refractivity contribution >= 4 is 11.7 Å². The van der Waals surface area contributed by atoms with Gasteiger partial charge >= 0.3 is 5.97 Å². The first-order chi connectivity index (χ1) is 13.5. The van der Waals surface area contributed by atoms with Gasteiger partial charge in [-0.15, -0.1) is 0 Å². The van der Waals surface area contributed by atoms with Gasteiger partial charge < -0.3 is 24.8 Å². The van der Waals surface area contributed by atoms with Gasteiger partial charge in [0.25, 0.3) is 0 Å². The number of nitrogens with zero attached hydrogens (tertiary/aromatic N) is 2. The van der Waals surface area contributed by atoms with Crippen molar-refractivity contribution < 1.29 is 19.0 Å². The second kappa shape index (κ2) is 8.26. The van der Waals surface area contributed by atoms with Crippen molar-refractivity contribution in [3.8, 4) is 11.8 Å². The molecule has 7 heteroatoms. The Labute approximate surface area is 165 Å². The molecule has 0 aliphatic carbocycles. The molecular formula is C21H25N3O4. The van der Waals surface area contributed by atoms with E-state index in [-0.39, 0.29) is 23.6 Å². The Morgan fingerprint density at radius 2 is 2.11 bits per heavy atom. The smallest absolute Gasteiger partial charge is 0.338 e. The fourth-order valence-electron chi connectivity index (χ4n) is 3.78. The molecule has 0 radical (unpaired) electrons. The maximum Gasteiger partial charge on any atom is 0.338 e. The van der Waals surface area contributed by atoms with Gasteiger partial charge in [0.2, 0.25) is 5.88 Å². The first-order valence-electron chi connectivity index (χ1n) is 9.40. The van der Waals surface area contributed by atoms with Crippen molar-refractivity contribution in [2.75, 3.05) is 31.7 Å². The van der Waals surface area contributed by atoms with Gasteiger partial charge in [0.15, 0.2) is 0 Å². The number of allylic oxidation sites excluding steroid dienone is 2.